The number of pyridine rings is 2. The van der Waals surface area contributed by atoms with Gasteiger partial charge in [0.15, 0.2) is 0 Å². The Morgan fingerprint density at radius 1 is 1.17 bits per heavy atom. The Labute approximate surface area is 139 Å². The van der Waals surface area contributed by atoms with E-state index in [0.717, 1.165) is 11.3 Å². The lowest BCUT2D eigenvalue weighted by Crippen LogP contribution is -2.20. The molecule has 2 aromatic rings. The molecule has 0 saturated carbocycles. The zero-order valence-electron chi connectivity index (χ0n) is 13.0. The number of rotatable bonds is 4. The van der Waals surface area contributed by atoms with Crippen LogP contribution in [0.3, 0.4) is 0 Å². The topological polar surface area (TPSA) is 79.6 Å². The number of hydrogen-bond donors (Lipinski definition) is 1. The van der Waals surface area contributed by atoms with Gasteiger partial charge in [-0.1, -0.05) is 6.07 Å². The fourth-order valence-corrected chi connectivity index (χ4v) is 2.22. The van der Waals surface area contributed by atoms with E-state index in [1.165, 1.54) is 6.21 Å². The number of allylic oxidation sites excluding steroid dienone is 2. The predicted molar refractivity (Wildman–Crippen MR) is 93.9 cm³/mol. The quantitative estimate of drug-likeness (QED) is 0.533. The monoisotopic (exact) mass is 317 g/mol. The van der Waals surface area contributed by atoms with Gasteiger partial charge in [0.2, 0.25) is 5.78 Å². The molecule has 0 unspecified atom stereocenters. The molecular formula is C18H15N5O. The minimum atomic E-state index is -0.239. The van der Waals surface area contributed by atoms with E-state index in [9.17, 15) is 4.79 Å². The van der Waals surface area contributed by atoms with Gasteiger partial charge in [0, 0.05) is 49.3 Å². The van der Waals surface area contributed by atoms with Crippen molar-refractivity contribution >= 4 is 23.9 Å². The van der Waals surface area contributed by atoms with Gasteiger partial charge in [-0.25, -0.2) is 4.99 Å². The first-order valence-electron chi connectivity index (χ1n) is 7.33. The van der Waals surface area contributed by atoms with Crippen LogP contribution in [0.4, 0.5) is 0 Å². The van der Waals surface area contributed by atoms with Crippen LogP contribution in [0, 0.1) is 0 Å². The molecule has 0 saturated heterocycles. The fraction of sp³-hybridized carbons (Fsp3) is 0.0556. The van der Waals surface area contributed by atoms with E-state index in [1.807, 2.05) is 18.2 Å². The van der Waals surface area contributed by atoms with Crippen molar-refractivity contribution in [2.45, 2.75) is 0 Å². The van der Waals surface area contributed by atoms with E-state index < -0.39 is 0 Å². The molecule has 24 heavy (non-hydrogen) atoms. The molecule has 3 heterocycles. The molecule has 0 atom stereocenters. The van der Waals surface area contributed by atoms with Crippen molar-refractivity contribution in [2.24, 2.45) is 9.98 Å². The predicted octanol–water partition coefficient (Wildman–Crippen LogP) is 2.29. The molecule has 0 radical (unpaired) electrons. The molecule has 6 nitrogen and oxygen atoms in total. The molecule has 1 aliphatic rings. The van der Waals surface area contributed by atoms with Gasteiger partial charge in [0.1, 0.15) is 11.5 Å². The molecule has 6 heteroatoms. The van der Waals surface area contributed by atoms with Crippen LogP contribution in [0.15, 0.2) is 76.4 Å². The second kappa shape index (κ2) is 7.23. The van der Waals surface area contributed by atoms with E-state index in [1.54, 1.807) is 50.1 Å². The summed E-state index contributed by atoms with van der Waals surface area (Å²) >= 11 is 0. The molecule has 0 bridgehead atoms. The van der Waals surface area contributed by atoms with Gasteiger partial charge in [-0.3, -0.25) is 19.8 Å². The van der Waals surface area contributed by atoms with E-state index in [-0.39, 0.29) is 5.78 Å². The van der Waals surface area contributed by atoms with Crippen molar-refractivity contribution in [1.82, 2.24) is 15.3 Å². The lowest BCUT2D eigenvalue weighted by molar-refractivity contribution is 0.103. The molecule has 0 fully saturated rings. The van der Waals surface area contributed by atoms with Gasteiger partial charge < -0.3 is 5.32 Å². The first-order valence-corrected chi connectivity index (χ1v) is 7.33. The minimum absolute atomic E-state index is 0.239. The number of aliphatic imine (C=N–C) groups is 2. The van der Waals surface area contributed by atoms with Crippen molar-refractivity contribution in [3.63, 3.8) is 0 Å². The van der Waals surface area contributed by atoms with E-state index in [0.29, 0.717) is 17.1 Å². The number of carbonyl (C=O) groups is 1. The molecule has 2 aromatic heterocycles. The van der Waals surface area contributed by atoms with Gasteiger partial charge in [-0.15, -0.1) is 0 Å². The number of aromatic nitrogens is 2. The normalized spacial score (nSPS) is 15.8. The highest BCUT2D eigenvalue weighted by molar-refractivity contribution is 6.21. The number of ketones is 1. The highest BCUT2D eigenvalue weighted by Crippen LogP contribution is 2.18. The Bertz CT molecular complexity index is 851. The molecule has 0 amide bonds. The Morgan fingerprint density at radius 2 is 2.00 bits per heavy atom. The third kappa shape index (κ3) is 3.33. The lowest BCUT2D eigenvalue weighted by Gasteiger charge is -2.16. The maximum Gasteiger partial charge on any atom is 0.216 e. The Kier molecular flexibility index (Phi) is 4.67. The van der Waals surface area contributed by atoms with Crippen LogP contribution in [-0.4, -0.2) is 35.2 Å². The summed E-state index contributed by atoms with van der Waals surface area (Å²) < 4.78 is 0. The molecule has 0 spiro atoms. The largest absolute Gasteiger partial charge is 0.339 e. The van der Waals surface area contributed by atoms with E-state index in [2.05, 4.69) is 25.3 Å². The summed E-state index contributed by atoms with van der Waals surface area (Å²) in [5.74, 6) is 0.197. The fourth-order valence-electron chi connectivity index (χ4n) is 2.22. The third-order valence-electron chi connectivity index (χ3n) is 3.34. The Morgan fingerprint density at radius 3 is 2.71 bits per heavy atom. The van der Waals surface area contributed by atoms with Crippen LogP contribution >= 0.6 is 0 Å². The smallest absolute Gasteiger partial charge is 0.216 e. The molecular weight excluding hydrogens is 302 g/mol. The third-order valence-corrected chi connectivity index (χ3v) is 3.34. The van der Waals surface area contributed by atoms with Crippen molar-refractivity contribution in [3.8, 4) is 0 Å². The molecule has 3 rings (SSSR count). The number of carbonyl (C=O) groups excluding carboxylic acids is 1. The van der Waals surface area contributed by atoms with Crippen LogP contribution < -0.4 is 5.32 Å². The average Bonchev–Trinajstić information content (AvgIpc) is 2.67. The zero-order chi connectivity index (χ0) is 16.8. The highest BCUT2D eigenvalue weighted by atomic mass is 16.1. The van der Waals surface area contributed by atoms with Crippen LogP contribution in [0.25, 0.3) is 5.70 Å². The number of nitrogens with zero attached hydrogens (tertiary/aromatic N) is 4. The molecule has 0 aliphatic carbocycles. The van der Waals surface area contributed by atoms with Crippen molar-refractivity contribution in [1.29, 1.82) is 0 Å². The Hall–Kier alpha value is -3.41. The average molecular weight is 317 g/mol. The summed E-state index contributed by atoms with van der Waals surface area (Å²) in [4.78, 5) is 29.1. The summed E-state index contributed by atoms with van der Waals surface area (Å²) in [5.41, 5.74) is 2.48. The van der Waals surface area contributed by atoms with Gasteiger partial charge >= 0.3 is 0 Å². The van der Waals surface area contributed by atoms with Crippen molar-refractivity contribution < 1.29 is 4.79 Å². The highest BCUT2D eigenvalue weighted by Gasteiger charge is 2.19. The second-order valence-corrected chi connectivity index (χ2v) is 4.91. The summed E-state index contributed by atoms with van der Waals surface area (Å²) in [6.07, 6.45) is 9.98. The Balaban J connectivity index is 1.98. The lowest BCUT2D eigenvalue weighted by atomic mass is 10.1. The summed E-state index contributed by atoms with van der Waals surface area (Å²) in [6, 6.07) is 8.95. The van der Waals surface area contributed by atoms with Crippen molar-refractivity contribution in [2.75, 3.05) is 7.05 Å². The summed E-state index contributed by atoms with van der Waals surface area (Å²) in [7, 11) is 1.61. The van der Waals surface area contributed by atoms with Crippen LogP contribution in [0.2, 0.25) is 0 Å². The number of Topliss-reactive ketones (excluding diaryl/α,β-unsaturated/α-hetero) is 1. The van der Waals surface area contributed by atoms with Crippen LogP contribution in [0.5, 0.6) is 0 Å². The number of nitrogens with one attached hydrogen (secondary N) is 1. The number of hydrogen-bond acceptors (Lipinski definition) is 6. The van der Waals surface area contributed by atoms with E-state index >= 15 is 0 Å². The summed E-state index contributed by atoms with van der Waals surface area (Å²) in [5, 5.41) is 3.18. The maximum atomic E-state index is 12.7. The van der Waals surface area contributed by atoms with Crippen LogP contribution in [-0.2, 0) is 0 Å². The molecule has 118 valence electrons. The first-order chi connectivity index (χ1) is 11.8. The van der Waals surface area contributed by atoms with Gasteiger partial charge in [-0.2, -0.15) is 0 Å². The second-order valence-electron chi connectivity index (χ2n) is 4.91. The van der Waals surface area contributed by atoms with Gasteiger partial charge in [-0.05, 0) is 30.3 Å². The van der Waals surface area contributed by atoms with Gasteiger partial charge in [0.05, 0.1) is 5.57 Å². The minimum Gasteiger partial charge on any atom is -0.339 e. The summed E-state index contributed by atoms with van der Waals surface area (Å²) in [6.45, 7) is 0. The SMILES string of the molecule is C/N=C\C(C(=O)c1ccccn1)=C1\N=CC=C(c2ccncc2)N1. The molecule has 0 aromatic carbocycles. The first kappa shape index (κ1) is 15.5. The standard InChI is InChI=1S/C18H15N5O/c1-19-12-14(17(24)16-4-2-3-8-21-16)18-22-11-7-15(23-18)13-5-9-20-10-6-13/h2-12,23H,1H3/b18-14+,19-12-. The zero-order valence-corrected chi connectivity index (χ0v) is 13.0. The molecule has 1 N–H and O–H groups in total. The van der Waals surface area contributed by atoms with Crippen molar-refractivity contribution in [3.05, 3.63) is 77.6 Å². The van der Waals surface area contributed by atoms with Crippen LogP contribution in [0.1, 0.15) is 16.1 Å². The molecule has 1 aliphatic heterocycles. The van der Waals surface area contributed by atoms with E-state index in [4.69, 9.17) is 0 Å². The maximum absolute atomic E-state index is 12.7. The van der Waals surface area contributed by atoms with Gasteiger partial charge in [0.25, 0.3) is 0 Å².